The first-order valence-electron chi connectivity index (χ1n) is 10.9. The van der Waals surface area contributed by atoms with E-state index in [-0.39, 0.29) is 17.8 Å². The van der Waals surface area contributed by atoms with E-state index >= 15 is 0 Å². The van der Waals surface area contributed by atoms with Crippen molar-refractivity contribution in [1.82, 2.24) is 10.2 Å². The Hall–Kier alpha value is -3.22. The molecule has 0 spiro atoms. The molecule has 1 amide bonds. The lowest BCUT2D eigenvalue weighted by Gasteiger charge is -2.35. The fourth-order valence-electron chi connectivity index (χ4n) is 4.52. The molecule has 2 heterocycles. The highest BCUT2D eigenvalue weighted by Crippen LogP contribution is 2.43. The second-order valence-electron chi connectivity index (χ2n) is 8.07. The van der Waals surface area contributed by atoms with Gasteiger partial charge in [-0.25, -0.2) is 4.39 Å². The number of halogens is 1. The summed E-state index contributed by atoms with van der Waals surface area (Å²) in [7, 11) is 0. The average molecular weight is 432 g/mol. The first-order chi connectivity index (χ1) is 15.7. The Labute approximate surface area is 186 Å². The predicted molar refractivity (Wildman–Crippen MR) is 119 cm³/mol. The summed E-state index contributed by atoms with van der Waals surface area (Å²) in [6.45, 7) is 3.24. The number of carbonyl (C=O) groups excluding carboxylic acids is 1. The molecule has 164 valence electrons. The van der Waals surface area contributed by atoms with Crippen LogP contribution in [0.3, 0.4) is 0 Å². The van der Waals surface area contributed by atoms with E-state index in [4.69, 9.17) is 9.47 Å². The number of carbonyl (C=O) groups is 1. The molecule has 1 atom stereocenters. The summed E-state index contributed by atoms with van der Waals surface area (Å²) in [5.74, 6) is 0.612. The van der Waals surface area contributed by atoms with Crippen LogP contribution in [0.5, 0.6) is 11.5 Å². The summed E-state index contributed by atoms with van der Waals surface area (Å²) in [4.78, 5) is 15.8. The van der Waals surface area contributed by atoms with E-state index in [9.17, 15) is 9.18 Å². The Bertz CT molecular complexity index is 1050. The number of nitrogens with one attached hydrogen (secondary N) is 1. The fourth-order valence-corrected chi connectivity index (χ4v) is 4.52. The van der Waals surface area contributed by atoms with Gasteiger partial charge in [0.15, 0.2) is 0 Å². The highest BCUT2D eigenvalue weighted by molar-refractivity contribution is 5.89. The maximum Gasteiger partial charge on any atom is 0.232 e. The minimum atomic E-state index is -0.449. The number of fused-ring (bicyclic) bond motifs is 2. The largest absolute Gasteiger partial charge is 0.457 e. The third kappa shape index (κ3) is 4.11. The Morgan fingerprint density at radius 2 is 1.53 bits per heavy atom. The van der Waals surface area contributed by atoms with Crippen molar-refractivity contribution in [3.8, 4) is 11.5 Å². The number of morpholine rings is 1. The van der Waals surface area contributed by atoms with Gasteiger partial charge in [-0.2, -0.15) is 0 Å². The summed E-state index contributed by atoms with van der Waals surface area (Å²) in [5.41, 5.74) is 2.68. The number of benzene rings is 3. The van der Waals surface area contributed by atoms with Crippen molar-refractivity contribution in [2.45, 2.75) is 12.0 Å². The van der Waals surface area contributed by atoms with E-state index < -0.39 is 5.92 Å². The zero-order valence-electron chi connectivity index (χ0n) is 17.7. The van der Waals surface area contributed by atoms with Gasteiger partial charge in [0.25, 0.3) is 0 Å². The molecule has 2 aliphatic heterocycles. The third-order valence-electron chi connectivity index (χ3n) is 6.15. The SMILES string of the molecule is O=C(NCC(c1ccc(F)cc1)N1CCOCC1)C1c2ccccc2Oc2ccccc21. The normalized spacial score (nSPS) is 17.0. The zero-order chi connectivity index (χ0) is 21.9. The molecule has 1 unspecified atom stereocenters. The maximum atomic E-state index is 13.5. The first kappa shape index (κ1) is 20.7. The molecular weight excluding hydrogens is 407 g/mol. The van der Waals surface area contributed by atoms with Crippen molar-refractivity contribution < 1.29 is 18.7 Å². The molecule has 5 nitrogen and oxygen atoms in total. The second kappa shape index (κ2) is 9.10. The Balaban J connectivity index is 1.40. The standard InChI is InChI=1S/C26H25FN2O3/c27-19-11-9-18(10-12-19)22(29-13-15-31-16-14-29)17-28-26(30)25-20-5-1-3-7-23(20)32-24-8-4-2-6-21(24)25/h1-12,22,25H,13-17H2,(H,28,30). The van der Waals surface area contributed by atoms with Gasteiger partial charge in [-0.1, -0.05) is 48.5 Å². The number of amides is 1. The van der Waals surface area contributed by atoms with Gasteiger partial charge in [-0.3, -0.25) is 9.69 Å². The van der Waals surface area contributed by atoms with E-state index in [1.54, 1.807) is 12.1 Å². The van der Waals surface area contributed by atoms with E-state index in [1.807, 2.05) is 48.5 Å². The van der Waals surface area contributed by atoms with Crippen LogP contribution in [0, 0.1) is 5.82 Å². The number of rotatable bonds is 5. The molecule has 6 heteroatoms. The van der Waals surface area contributed by atoms with Crippen molar-refractivity contribution in [2.24, 2.45) is 0 Å². The van der Waals surface area contributed by atoms with Crippen LogP contribution in [0.25, 0.3) is 0 Å². The monoisotopic (exact) mass is 432 g/mol. The van der Waals surface area contributed by atoms with Crippen molar-refractivity contribution in [3.63, 3.8) is 0 Å². The Morgan fingerprint density at radius 3 is 2.16 bits per heavy atom. The lowest BCUT2D eigenvalue weighted by atomic mass is 9.87. The number of para-hydroxylation sites is 2. The highest BCUT2D eigenvalue weighted by Gasteiger charge is 2.33. The van der Waals surface area contributed by atoms with Gasteiger partial charge in [0.05, 0.1) is 25.2 Å². The van der Waals surface area contributed by atoms with E-state index in [1.165, 1.54) is 12.1 Å². The predicted octanol–water partition coefficient (Wildman–Crippen LogP) is 4.25. The minimum absolute atomic E-state index is 0.0613. The average Bonchev–Trinajstić information content (AvgIpc) is 2.84. The van der Waals surface area contributed by atoms with Gasteiger partial charge in [-0.15, -0.1) is 0 Å². The molecule has 3 aromatic rings. The second-order valence-corrected chi connectivity index (χ2v) is 8.07. The van der Waals surface area contributed by atoms with Crippen LogP contribution in [0.4, 0.5) is 4.39 Å². The van der Waals surface area contributed by atoms with Gasteiger partial charge in [-0.05, 0) is 29.8 Å². The maximum absolute atomic E-state index is 13.5. The van der Waals surface area contributed by atoms with Crippen LogP contribution in [-0.4, -0.2) is 43.7 Å². The van der Waals surface area contributed by atoms with Gasteiger partial charge in [0, 0.05) is 30.8 Å². The van der Waals surface area contributed by atoms with Crippen molar-refractivity contribution in [3.05, 3.63) is 95.3 Å². The summed E-state index contributed by atoms with van der Waals surface area (Å²) < 4.78 is 25.0. The molecule has 3 aromatic carbocycles. The van der Waals surface area contributed by atoms with E-state index in [0.717, 1.165) is 29.8 Å². The zero-order valence-corrected chi connectivity index (χ0v) is 17.7. The van der Waals surface area contributed by atoms with Crippen LogP contribution in [0.15, 0.2) is 72.8 Å². The number of ether oxygens (including phenoxy) is 2. The molecule has 2 aliphatic rings. The Morgan fingerprint density at radius 1 is 0.938 bits per heavy atom. The molecule has 0 bridgehead atoms. The molecule has 1 saturated heterocycles. The lowest BCUT2D eigenvalue weighted by molar-refractivity contribution is -0.122. The third-order valence-corrected chi connectivity index (χ3v) is 6.15. The molecule has 5 rings (SSSR count). The van der Waals surface area contributed by atoms with Crippen LogP contribution >= 0.6 is 0 Å². The smallest absolute Gasteiger partial charge is 0.232 e. The fraction of sp³-hybridized carbons (Fsp3) is 0.269. The van der Waals surface area contributed by atoms with E-state index in [2.05, 4.69) is 10.2 Å². The minimum Gasteiger partial charge on any atom is -0.457 e. The molecule has 0 saturated carbocycles. The summed E-state index contributed by atoms with van der Waals surface area (Å²) >= 11 is 0. The van der Waals surface area contributed by atoms with Gasteiger partial charge < -0.3 is 14.8 Å². The highest BCUT2D eigenvalue weighted by atomic mass is 19.1. The first-order valence-corrected chi connectivity index (χ1v) is 10.9. The Kier molecular flexibility index (Phi) is 5.88. The molecule has 0 aromatic heterocycles. The molecule has 0 aliphatic carbocycles. The summed E-state index contributed by atoms with van der Waals surface area (Å²) in [5, 5.41) is 3.17. The van der Waals surface area contributed by atoms with Crippen LogP contribution in [0.1, 0.15) is 28.7 Å². The molecule has 1 N–H and O–H groups in total. The molecule has 0 radical (unpaired) electrons. The van der Waals surface area contributed by atoms with Crippen LogP contribution in [0.2, 0.25) is 0 Å². The number of nitrogens with zero attached hydrogens (tertiary/aromatic N) is 1. The number of hydrogen-bond acceptors (Lipinski definition) is 4. The van der Waals surface area contributed by atoms with Crippen molar-refractivity contribution in [2.75, 3.05) is 32.8 Å². The number of hydrogen-bond donors (Lipinski definition) is 1. The quantitative estimate of drug-likeness (QED) is 0.655. The lowest BCUT2D eigenvalue weighted by Crippen LogP contribution is -2.44. The van der Waals surface area contributed by atoms with Crippen molar-refractivity contribution in [1.29, 1.82) is 0 Å². The topological polar surface area (TPSA) is 50.8 Å². The summed E-state index contributed by atoms with van der Waals surface area (Å²) in [6, 6.07) is 21.8. The van der Waals surface area contributed by atoms with Gasteiger partial charge >= 0.3 is 0 Å². The van der Waals surface area contributed by atoms with Gasteiger partial charge in [0.1, 0.15) is 17.3 Å². The van der Waals surface area contributed by atoms with Crippen LogP contribution in [-0.2, 0) is 9.53 Å². The van der Waals surface area contributed by atoms with Crippen LogP contribution < -0.4 is 10.1 Å². The molecule has 32 heavy (non-hydrogen) atoms. The van der Waals surface area contributed by atoms with Crippen molar-refractivity contribution >= 4 is 5.91 Å². The summed E-state index contributed by atoms with van der Waals surface area (Å²) in [6.07, 6.45) is 0. The van der Waals surface area contributed by atoms with Gasteiger partial charge in [0.2, 0.25) is 5.91 Å². The molecular formula is C26H25FN2O3. The van der Waals surface area contributed by atoms with E-state index in [0.29, 0.717) is 31.3 Å². The molecule has 1 fully saturated rings.